The summed E-state index contributed by atoms with van der Waals surface area (Å²) in [4.78, 5) is 39.0. The van der Waals surface area contributed by atoms with E-state index in [0.717, 1.165) is 10.5 Å². The second-order valence-electron chi connectivity index (χ2n) is 6.55. The highest BCUT2D eigenvalue weighted by Gasteiger charge is 2.40. The molecule has 3 rings (SSSR count). The Morgan fingerprint density at radius 3 is 2.36 bits per heavy atom. The van der Waals surface area contributed by atoms with E-state index in [2.05, 4.69) is 5.32 Å². The number of halogens is 1. The molecule has 2 aromatic carbocycles. The molecule has 0 aromatic heterocycles. The molecule has 0 saturated heterocycles. The molecule has 1 heterocycles. The van der Waals surface area contributed by atoms with Crippen LogP contribution in [0.3, 0.4) is 0 Å². The summed E-state index contributed by atoms with van der Waals surface area (Å²) in [5.41, 5.74) is 1.75. The average Bonchev–Trinajstić information content (AvgIpc) is 2.86. The highest BCUT2D eigenvalue weighted by Crippen LogP contribution is 2.33. The standard InChI is InChI=1S/C21H19ClN2O4/c1-12(2)28-21(27)14-9-5-7-11-16(14)24-19(25)17(22)18(20(24)26)23-15-10-6-4-8-13(15)3/h4-12,23H,1-3H3. The van der Waals surface area contributed by atoms with Gasteiger partial charge in [-0.15, -0.1) is 0 Å². The molecular weight excluding hydrogens is 380 g/mol. The lowest BCUT2D eigenvalue weighted by Crippen LogP contribution is -2.34. The van der Waals surface area contributed by atoms with Gasteiger partial charge in [0, 0.05) is 5.69 Å². The fourth-order valence-corrected chi connectivity index (χ4v) is 3.01. The Kier molecular flexibility index (Phi) is 5.51. The minimum Gasteiger partial charge on any atom is -0.459 e. The molecule has 2 amide bonds. The molecule has 1 aliphatic rings. The molecule has 7 heteroatoms. The zero-order valence-electron chi connectivity index (χ0n) is 15.7. The lowest BCUT2D eigenvalue weighted by atomic mass is 10.1. The molecule has 0 bridgehead atoms. The summed E-state index contributed by atoms with van der Waals surface area (Å²) in [5, 5.41) is 2.70. The van der Waals surface area contributed by atoms with Crippen LogP contribution in [0.1, 0.15) is 29.8 Å². The Morgan fingerprint density at radius 1 is 1.04 bits per heavy atom. The van der Waals surface area contributed by atoms with Crippen molar-refractivity contribution >= 4 is 40.8 Å². The molecule has 1 N–H and O–H groups in total. The summed E-state index contributed by atoms with van der Waals surface area (Å²) < 4.78 is 5.22. The number of hydrogen-bond acceptors (Lipinski definition) is 5. The predicted molar refractivity (Wildman–Crippen MR) is 107 cm³/mol. The normalized spacial score (nSPS) is 14.1. The van der Waals surface area contributed by atoms with E-state index in [9.17, 15) is 14.4 Å². The molecule has 28 heavy (non-hydrogen) atoms. The van der Waals surface area contributed by atoms with Gasteiger partial charge in [0.1, 0.15) is 10.7 Å². The molecule has 1 aliphatic heterocycles. The molecule has 2 aromatic rings. The van der Waals surface area contributed by atoms with Crippen molar-refractivity contribution in [1.82, 2.24) is 0 Å². The van der Waals surface area contributed by atoms with E-state index in [1.807, 2.05) is 19.1 Å². The van der Waals surface area contributed by atoms with Crippen LogP contribution < -0.4 is 10.2 Å². The number of aryl methyl sites for hydroxylation is 1. The number of rotatable bonds is 5. The number of benzene rings is 2. The summed E-state index contributed by atoms with van der Waals surface area (Å²) in [6, 6.07) is 13.6. The molecule has 0 saturated carbocycles. The number of esters is 1. The first-order valence-electron chi connectivity index (χ1n) is 8.72. The highest BCUT2D eigenvalue weighted by atomic mass is 35.5. The van der Waals surface area contributed by atoms with E-state index in [-0.39, 0.29) is 28.1 Å². The number of nitrogens with zero attached hydrogens (tertiary/aromatic N) is 1. The van der Waals surface area contributed by atoms with E-state index in [1.54, 1.807) is 38.1 Å². The van der Waals surface area contributed by atoms with Gasteiger partial charge in [-0.25, -0.2) is 9.69 Å². The van der Waals surface area contributed by atoms with Crippen molar-refractivity contribution in [2.24, 2.45) is 0 Å². The maximum atomic E-state index is 13.0. The van der Waals surface area contributed by atoms with Crippen LogP contribution in [0.25, 0.3) is 0 Å². The van der Waals surface area contributed by atoms with Gasteiger partial charge in [0.25, 0.3) is 11.8 Å². The molecule has 0 aliphatic carbocycles. The number of imide groups is 1. The summed E-state index contributed by atoms with van der Waals surface area (Å²) in [5.74, 6) is -1.96. The summed E-state index contributed by atoms with van der Waals surface area (Å²) in [6.07, 6.45) is -0.342. The molecule has 0 fully saturated rings. The van der Waals surface area contributed by atoms with Crippen LogP contribution in [-0.4, -0.2) is 23.9 Å². The largest absolute Gasteiger partial charge is 0.459 e. The fraction of sp³-hybridized carbons (Fsp3) is 0.190. The number of carbonyl (C=O) groups excluding carboxylic acids is 3. The van der Waals surface area contributed by atoms with Crippen molar-refractivity contribution in [3.8, 4) is 0 Å². The smallest absolute Gasteiger partial charge is 0.340 e. The summed E-state index contributed by atoms with van der Waals surface area (Å²) in [7, 11) is 0. The van der Waals surface area contributed by atoms with Crippen molar-refractivity contribution in [2.75, 3.05) is 10.2 Å². The van der Waals surface area contributed by atoms with Crippen LogP contribution in [-0.2, 0) is 14.3 Å². The highest BCUT2D eigenvalue weighted by molar-refractivity contribution is 6.53. The van der Waals surface area contributed by atoms with Crippen LogP contribution in [0, 0.1) is 6.92 Å². The number of amides is 2. The van der Waals surface area contributed by atoms with Crippen LogP contribution in [0.15, 0.2) is 59.3 Å². The monoisotopic (exact) mass is 398 g/mol. The van der Waals surface area contributed by atoms with Crippen molar-refractivity contribution in [1.29, 1.82) is 0 Å². The number of carbonyl (C=O) groups is 3. The van der Waals surface area contributed by atoms with Crippen LogP contribution in [0.5, 0.6) is 0 Å². The number of para-hydroxylation sites is 2. The third kappa shape index (κ3) is 3.64. The van der Waals surface area contributed by atoms with Gasteiger partial charge >= 0.3 is 5.97 Å². The Hall–Kier alpha value is -3.12. The quantitative estimate of drug-likeness (QED) is 0.608. The van der Waals surface area contributed by atoms with Crippen LogP contribution in [0.2, 0.25) is 0 Å². The Morgan fingerprint density at radius 2 is 1.68 bits per heavy atom. The van der Waals surface area contributed by atoms with Crippen molar-refractivity contribution in [3.63, 3.8) is 0 Å². The van der Waals surface area contributed by atoms with E-state index in [4.69, 9.17) is 16.3 Å². The zero-order valence-corrected chi connectivity index (χ0v) is 16.4. The minimum absolute atomic E-state index is 0.0343. The van der Waals surface area contributed by atoms with Gasteiger partial charge in [-0.05, 0) is 44.5 Å². The van der Waals surface area contributed by atoms with Crippen molar-refractivity contribution < 1.29 is 19.1 Å². The van der Waals surface area contributed by atoms with Gasteiger partial charge in [0.2, 0.25) is 0 Å². The molecular formula is C21H19ClN2O4. The lowest BCUT2D eigenvalue weighted by Gasteiger charge is -2.19. The first-order chi connectivity index (χ1) is 13.3. The zero-order chi connectivity index (χ0) is 20.4. The van der Waals surface area contributed by atoms with Crippen molar-refractivity contribution in [2.45, 2.75) is 26.9 Å². The predicted octanol–water partition coefficient (Wildman–Crippen LogP) is 4.00. The van der Waals surface area contributed by atoms with E-state index >= 15 is 0 Å². The molecule has 6 nitrogen and oxygen atoms in total. The second kappa shape index (κ2) is 7.86. The van der Waals surface area contributed by atoms with Gasteiger partial charge in [0.05, 0.1) is 17.4 Å². The molecule has 0 spiro atoms. The second-order valence-corrected chi connectivity index (χ2v) is 6.92. The topological polar surface area (TPSA) is 75.7 Å². The Labute approximate surface area is 167 Å². The van der Waals surface area contributed by atoms with Gasteiger partial charge in [-0.2, -0.15) is 0 Å². The van der Waals surface area contributed by atoms with Crippen LogP contribution >= 0.6 is 11.6 Å². The number of anilines is 2. The van der Waals surface area contributed by atoms with Crippen LogP contribution in [0.4, 0.5) is 11.4 Å². The SMILES string of the molecule is Cc1ccccc1NC1=C(Cl)C(=O)N(c2ccccc2C(=O)OC(C)C)C1=O. The molecule has 0 atom stereocenters. The minimum atomic E-state index is -0.701. The fourth-order valence-electron chi connectivity index (χ4n) is 2.80. The number of nitrogens with one attached hydrogen (secondary N) is 1. The number of ether oxygens (including phenoxy) is 1. The Bertz CT molecular complexity index is 997. The van der Waals surface area contributed by atoms with Gasteiger partial charge in [-0.3, -0.25) is 9.59 Å². The van der Waals surface area contributed by atoms with E-state index in [0.29, 0.717) is 5.69 Å². The number of hydrogen-bond donors (Lipinski definition) is 1. The lowest BCUT2D eigenvalue weighted by molar-refractivity contribution is -0.120. The van der Waals surface area contributed by atoms with Crippen molar-refractivity contribution in [3.05, 3.63) is 70.4 Å². The summed E-state index contributed by atoms with van der Waals surface area (Å²) >= 11 is 6.18. The molecule has 0 unspecified atom stereocenters. The molecule has 144 valence electrons. The maximum Gasteiger partial charge on any atom is 0.340 e. The third-order valence-corrected chi connectivity index (χ3v) is 4.49. The Balaban J connectivity index is 1.96. The first kappa shape index (κ1) is 19.6. The van der Waals surface area contributed by atoms with Gasteiger partial charge in [-0.1, -0.05) is 41.9 Å². The molecule has 0 radical (unpaired) electrons. The van der Waals surface area contributed by atoms with Gasteiger partial charge in [0.15, 0.2) is 0 Å². The summed E-state index contributed by atoms with van der Waals surface area (Å²) in [6.45, 7) is 5.30. The van der Waals surface area contributed by atoms with Gasteiger partial charge < -0.3 is 10.1 Å². The van der Waals surface area contributed by atoms with E-state index in [1.165, 1.54) is 12.1 Å². The van der Waals surface area contributed by atoms with E-state index < -0.39 is 17.8 Å². The maximum absolute atomic E-state index is 13.0. The first-order valence-corrected chi connectivity index (χ1v) is 9.10. The third-order valence-electron chi connectivity index (χ3n) is 4.14. The average molecular weight is 399 g/mol.